The molecular weight excluding hydrogens is 298 g/mol. The molecule has 0 radical (unpaired) electrons. The Morgan fingerprint density at radius 3 is 2.52 bits per heavy atom. The fourth-order valence-corrected chi connectivity index (χ4v) is 2.36. The molecule has 0 aromatic carbocycles. The van der Waals surface area contributed by atoms with Crippen molar-refractivity contribution in [3.05, 3.63) is 21.5 Å². The number of hydrogen-bond acceptors (Lipinski definition) is 5. The summed E-state index contributed by atoms with van der Waals surface area (Å²) in [6.07, 6.45) is 1.01. The molecule has 130 valence electrons. The van der Waals surface area contributed by atoms with E-state index in [-0.39, 0.29) is 24.1 Å². The van der Waals surface area contributed by atoms with Crippen LogP contribution in [0, 0.1) is 29.9 Å². The maximum absolute atomic E-state index is 12.1. The molecule has 1 aromatic heterocycles. The zero-order chi connectivity index (χ0) is 17.7. The second-order valence-corrected chi connectivity index (χ2v) is 6.26. The zero-order valence-electron chi connectivity index (χ0n) is 14.6. The lowest BCUT2D eigenvalue weighted by molar-refractivity contribution is -0.386. The van der Waals surface area contributed by atoms with Crippen LogP contribution in [0.15, 0.2) is 0 Å². The van der Waals surface area contributed by atoms with Crippen molar-refractivity contribution < 1.29 is 9.72 Å². The molecule has 0 aliphatic carbocycles. The van der Waals surface area contributed by atoms with Crippen LogP contribution in [0.5, 0.6) is 0 Å². The van der Waals surface area contributed by atoms with E-state index in [0.29, 0.717) is 30.4 Å². The number of nitrogens with two attached hydrogens (primary N) is 1. The summed E-state index contributed by atoms with van der Waals surface area (Å²) in [5.41, 5.74) is 6.85. The zero-order valence-corrected chi connectivity index (χ0v) is 14.6. The molecule has 1 rings (SSSR count). The summed E-state index contributed by atoms with van der Waals surface area (Å²) in [5, 5.41) is 15.1. The smallest absolute Gasteiger partial charge is 0.312 e. The molecule has 2 N–H and O–H groups in total. The molecule has 23 heavy (non-hydrogen) atoms. The molecule has 0 aliphatic heterocycles. The first kappa shape index (κ1) is 19.1. The Bertz CT molecular complexity index is 568. The Balaban J connectivity index is 2.56. The van der Waals surface area contributed by atoms with E-state index in [1.165, 1.54) is 4.68 Å². The van der Waals surface area contributed by atoms with Crippen LogP contribution in [0.25, 0.3) is 0 Å². The van der Waals surface area contributed by atoms with Gasteiger partial charge in [-0.25, -0.2) is 0 Å². The number of aryl methyl sites for hydroxylation is 2. The normalized spacial score (nSPS) is 12.5. The number of amides is 1. The molecule has 1 aromatic rings. The van der Waals surface area contributed by atoms with E-state index >= 15 is 0 Å². The van der Waals surface area contributed by atoms with Gasteiger partial charge in [-0.15, -0.1) is 0 Å². The lowest BCUT2D eigenvalue weighted by atomic mass is 10.0. The molecule has 8 nitrogen and oxygen atoms in total. The van der Waals surface area contributed by atoms with Gasteiger partial charge >= 0.3 is 5.69 Å². The van der Waals surface area contributed by atoms with Crippen molar-refractivity contribution >= 4 is 11.6 Å². The molecule has 1 heterocycles. The predicted octanol–water partition coefficient (Wildman–Crippen LogP) is 1.63. The van der Waals surface area contributed by atoms with Crippen molar-refractivity contribution in [2.45, 2.75) is 53.1 Å². The van der Waals surface area contributed by atoms with Gasteiger partial charge in [0, 0.05) is 26.1 Å². The van der Waals surface area contributed by atoms with E-state index in [1.807, 2.05) is 0 Å². The van der Waals surface area contributed by atoms with Crippen LogP contribution < -0.4 is 5.73 Å². The van der Waals surface area contributed by atoms with Crippen LogP contribution in [0.2, 0.25) is 0 Å². The Morgan fingerprint density at radius 1 is 1.43 bits per heavy atom. The largest absolute Gasteiger partial charge is 0.346 e. The number of carbonyl (C=O) groups excluding carboxylic acids is 1. The monoisotopic (exact) mass is 325 g/mol. The van der Waals surface area contributed by atoms with E-state index in [0.717, 1.165) is 6.42 Å². The van der Waals surface area contributed by atoms with Crippen molar-refractivity contribution in [2.24, 2.45) is 11.7 Å². The average molecular weight is 325 g/mol. The summed E-state index contributed by atoms with van der Waals surface area (Å²) >= 11 is 0. The molecule has 1 unspecified atom stereocenters. The van der Waals surface area contributed by atoms with E-state index in [4.69, 9.17) is 5.73 Å². The molecule has 1 amide bonds. The number of nitrogens with zero attached hydrogens (tertiary/aromatic N) is 4. The summed E-state index contributed by atoms with van der Waals surface area (Å²) in [6.45, 7) is 8.30. The fraction of sp³-hybridized carbons (Fsp3) is 0.733. The number of hydrogen-bond donors (Lipinski definition) is 1. The summed E-state index contributed by atoms with van der Waals surface area (Å²) in [7, 11) is 1.75. The topological polar surface area (TPSA) is 107 Å². The molecule has 0 bridgehead atoms. The quantitative estimate of drug-likeness (QED) is 0.577. The van der Waals surface area contributed by atoms with Gasteiger partial charge in [-0.2, -0.15) is 5.10 Å². The fourth-order valence-electron chi connectivity index (χ4n) is 2.36. The predicted molar refractivity (Wildman–Crippen MR) is 88.0 cm³/mol. The number of rotatable bonds is 8. The van der Waals surface area contributed by atoms with E-state index in [1.54, 1.807) is 25.8 Å². The summed E-state index contributed by atoms with van der Waals surface area (Å²) in [4.78, 5) is 24.3. The second kappa shape index (κ2) is 8.05. The summed E-state index contributed by atoms with van der Waals surface area (Å²) in [6, 6.07) is 0.0731. The molecule has 0 spiro atoms. The third-order valence-corrected chi connectivity index (χ3v) is 4.14. The third-order valence-electron chi connectivity index (χ3n) is 4.14. The van der Waals surface area contributed by atoms with Crippen LogP contribution in [0.1, 0.15) is 38.1 Å². The van der Waals surface area contributed by atoms with Crippen molar-refractivity contribution in [1.29, 1.82) is 0 Å². The first-order valence-corrected chi connectivity index (χ1v) is 7.83. The molecule has 8 heteroatoms. The van der Waals surface area contributed by atoms with Crippen LogP contribution in [-0.4, -0.2) is 45.1 Å². The van der Waals surface area contributed by atoms with Crippen molar-refractivity contribution in [2.75, 3.05) is 13.6 Å². The highest BCUT2D eigenvalue weighted by Gasteiger charge is 2.22. The maximum Gasteiger partial charge on any atom is 0.312 e. The maximum atomic E-state index is 12.1. The first-order valence-electron chi connectivity index (χ1n) is 7.83. The SMILES string of the molecule is Cc1nn(CCC(=O)N(C)CCC(N)C(C)C)c(C)c1[N+](=O)[O-]. The second-order valence-electron chi connectivity index (χ2n) is 6.26. The van der Waals surface area contributed by atoms with Gasteiger partial charge in [0.2, 0.25) is 5.91 Å². The minimum Gasteiger partial charge on any atom is -0.346 e. The van der Waals surface area contributed by atoms with Crippen LogP contribution >= 0.6 is 0 Å². The average Bonchev–Trinajstić information content (AvgIpc) is 2.75. The van der Waals surface area contributed by atoms with Gasteiger partial charge in [0.1, 0.15) is 11.4 Å². The molecule has 0 saturated carbocycles. The van der Waals surface area contributed by atoms with E-state index in [9.17, 15) is 14.9 Å². The molecular formula is C15H27N5O3. The van der Waals surface area contributed by atoms with Crippen LogP contribution in [0.4, 0.5) is 5.69 Å². The molecule has 0 aliphatic rings. The van der Waals surface area contributed by atoms with E-state index < -0.39 is 4.92 Å². The minimum atomic E-state index is -0.435. The van der Waals surface area contributed by atoms with Gasteiger partial charge in [0.05, 0.1) is 11.5 Å². The van der Waals surface area contributed by atoms with Crippen molar-refractivity contribution in [3.63, 3.8) is 0 Å². The number of aromatic nitrogens is 2. The van der Waals surface area contributed by atoms with Crippen molar-refractivity contribution in [1.82, 2.24) is 14.7 Å². The third kappa shape index (κ3) is 5.02. The molecule has 1 atom stereocenters. The lowest BCUT2D eigenvalue weighted by Crippen LogP contribution is -2.35. The van der Waals surface area contributed by atoms with Gasteiger partial charge in [-0.05, 0) is 26.2 Å². The standard InChI is InChI=1S/C15H27N5O3/c1-10(2)13(16)6-8-18(5)14(21)7-9-19-12(4)15(20(22)23)11(3)17-19/h10,13H,6-9,16H2,1-5H3. The Labute approximate surface area is 136 Å². The van der Waals surface area contributed by atoms with Gasteiger partial charge in [-0.3, -0.25) is 19.6 Å². The number of nitro groups is 1. The summed E-state index contributed by atoms with van der Waals surface area (Å²) in [5.74, 6) is 0.366. The highest BCUT2D eigenvalue weighted by atomic mass is 16.6. The lowest BCUT2D eigenvalue weighted by Gasteiger charge is -2.21. The van der Waals surface area contributed by atoms with Gasteiger partial charge in [-0.1, -0.05) is 13.8 Å². The highest BCUT2D eigenvalue weighted by molar-refractivity contribution is 5.75. The van der Waals surface area contributed by atoms with Crippen molar-refractivity contribution in [3.8, 4) is 0 Å². The number of carbonyl (C=O) groups is 1. The van der Waals surface area contributed by atoms with Crippen LogP contribution in [0.3, 0.4) is 0 Å². The highest BCUT2D eigenvalue weighted by Crippen LogP contribution is 2.21. The molecule has 0 fully saturated rings. The van der Waals surface area contributed by atoms with E-state index in [2.05, 4.69) is 18.9 Å². The van der Waals surface area contributed by atoms with Crippen LogP contribution in [-0.2, 0) is 11.3 Å². The van der Waals surface area contributed by atoms with Gasteiger partial charge in [0.25, 0.3) is 0 Å². The first-order chi connectivity index (χ1) is 10.6. The minimum absolute atomic E-state index is 0.0174. The Kier molecular flexibility index (Phi) is 6.68. The van der Waals surface area contributed by atoms with Gasteiger partial charge < -0.3 is 10.6 Å². The Morgan fingerprint density at radius 2 is 2.04 bits per heavy atom. The Hall–Kier alpha value is -1.96. The van der Waals surface area contributed by atoms with Gasteiger partial charge in [0.15, 0.2) is 0 Å². The molecule has 0 saturated heterocycles. The summed E-state index contributed by atoms with van der Waals surface area (Å²) < 4.78 is 1.53.